The molecular weight excluding hydrogens is 388 g/mol. The fraction of sp³-hybridized carbons (Fsp3) is 0.364. The number of carbonyl (C=O) groups excluding carboxylic acids is 1. The number of amides is 1. The van der Waals surface area contributed by atoms with Crippen molar-refractivity contribution in [2.75, 3.05) is 19.6 Å². The van der Waals surface area contributed by atoms with Crippen molar-refractivity contribution in [2.24, 2.45) is 15.9 Å². The molecule has 1 aromatic carbocycles. The van der Waals surface area contributed by atoms with Gasteiger partial charge in [0.25, 0.3) is 0 Å². The van der Waals surface area contributed by atoms with Crippen LogP contribution < -0.4 is 4.74 Å². The summed E-state index contributed by atoms with van der Waals surface area (Å²) in [7, 11) is 0. The summed E-state index contributed by atoms with van der Waals surface area (Å²) in [6, 6.07) is 11.1. The van der Waals surface area contributed by atoms with Crippen molar-refractivity contribution in [3.8, 4) is 5.75 Å². The van der Waals surface area contributed by atoms with Crippen molar-refractivity contribution in [3.05, 3.63) is 58.9 Å². The second-order valence-corrected chi connectivity index (χ2v) is 7.35. The van der Waals surface area contributed by atoms with Crippen LogP contribution in [0.4, 0.5) is 4.79 Å². The molecule has 0 radical (unpaired) electrons. The zero-order valence-corrected chi connectivity index (χ0v) is 16.4. The van der Waals surface area contributed by atoms with Gasteiger partial charge in [-0.25, -0.2) is 9.79 Å². The van der Waals surface area contributed by atoms with Crippen LogP contribution in [-0.2, 0) is 0 Å². The van der Waals surface area contributed by atoms with Crippen LogP contribution in [0.3, 0.4) is 0 Å². The number of aryl methyl sites for hydroxylation is 1. The van der Waals surface area contributed by atoms with E-state index in [0.29, 0.717) is 47.9 Å². The van der Waals surface area contributed by atoms with Gasteiger partial charge < -0.3 is 9.64 Å². The smallest absolute Gasteiger partial charge is 0.408 e. The first kappa shape index (κ1) is 21.0. The molecule has 0 bridgehead atoms. The van der Waals surface area contributed by atoms with E-state index >= 15 is 0 Å². The maximum Gasteiger partial charge on any atom is 0.415 e. The van der Waals surface area contributed by atoms with E-state index in [-0.39, 0.29) is 13.5 Å². The minimum atomic E-state index is -0.323. The molecule has 7 heteroatoms. The lowest BCUT2D eigenvalue weighted by atomic mass is 9.92. The minimum Gasteiger partial charge on any atom is -0.408 e. The maximum absolute atomic E-state index is 12.4. The van der Waals surface area contributed by atoms with Gasteiger partial charge in [0.1, 0.15) is 0 Å². The van der Waals surface area contributed by atoms with E-state index in [4.69, 9.17) is 21.3 Å². The van der Waals surface area contributed by atoms with Crippen molar-refractivity contribution in [1.82, 2.24) is 9.88 Å². The molecule has 1 aromatic heterocycles. The third-order valence-corrected chi connectivity index (χ3v) is 5.46. The Morgan fingerprint density at radius 2 is 1.93 bits per heavy atom. The van der Waals surface area contributed by atoms with Crippen LogP contribution >= 0.6 is 11.6 Å². The Bertz CT molecular complexity index is 949. The molecule has 0 saturated carbocycles. The predicted octanol–water partition coefficient (Wildman–Crippen LogP) is 4.79. The summed E-state index contributed by atoms with van der Waals surface area (Å²) >= 11 is 6.26. The number of hydrogen-bond donors (Lipinski definition) is 0. The Kier molecular flexibility index (Phi) is 6.64. The summed E-state index contributed by atoms with van der Waals surface area (Å²) in [5.41, 5.74) is 2.65. The van der Waals surface area contributed by atoms with Gasteiger partial charge in [-0.1, -0.05) is 31.2 Å². The molecule has 0 aliphatic carbocycles. The Hall–Kier alpha value is -2.73. The molecule has 1 fully saturated rings. The first-order valence-corrected chi connectivity index (χ1v) is 9.75. The number of rotatable bonds is 3. The SMILES string of the molecule is C.Cc1ncccc1OC(=O)N1CCC(C2=NC(c3ccccc3Cl)=NC2)CC1. The molecular formula is C22H25ClN4O2. The van der Waals surface area contributed by atoms with Crippen molar-refractivity contribution in [2.45, 2.75) is 27.2 Å². The number of pyridine rings is 1. The second-order valence-electron chi connectivity index (χ2n) is 6.94. The molecule has 6 nitrogen and oxygen atoms in total. The standard InChI is InChI=1S/C21H21ClN4O2.CH4/c1-14-19(7-4-10-23-14)28-21(27)26-11-8-15(9-12-26)18-13-24-20(25-18)16-5-2-3-6-17(16)22;/h2-7,10,15H,8-9,11-13H2,1H3;1H4. The van der Waals surface area contributed by atoms with Crippen molar-refractivity contribution >= 4 is 29.2 Å². The number of nitrogens with zero attached hydrogens (tertiary/aromatic N) is 4. The number of carbonyl (C=O) groups is 1. The molecule has 2 aliphatic rings. The van der Waals surface area contributed by atoms with E-state index in [1.165, 1.54) is 0 Å². The summed E-state index contributed by atoms with van der Waals surface area (Å²) in [5, 5.41) is 0.662. The van der Waals surface area contributed by atoms with Crippen molar-refractivity contribution in [1.29, 1.82) is 0 Å². The fourth-order valence-corrected chi connectivity index (χ4v) is 3.72. The number of aromatic nitrogens is 1. The molecule has 0 spiro atoms. The van der Waals surface area contributed by atoms with Crippen LogP contribution in [0, 0.1) is 12.8 Å². The molecule has 152 valence electrons. The normalized spacial score (nSPS) is 16.7. The zero-order chi connectivity index (χ0) is 19.5. The van der Waals surface area contributed by atoms with Gasteiger partial charge in [-0.3, -0.25) is 9.98 Å². The molecule has 4 rings (SSSR count). The van der Waals surface area contributed by atoms with E-state index in [1.807, 2.05) is 31.2 Å². The Morgan fingerprint density at radius 3 is 2.66 bits per heavy atom. The predicted molar refractivity (Wildman–Crippen MR) is 116 cm³/mol. The number of hydrogen-bond acceptors (Lipinski definition) is 5. The molecule has 3 heterocycles. The highest BCUT2D eigenvalue weighted by atomic mass is 35.5. The Labute approximate surface area is 176 Å². The minimum absolute atomic E-state index is 0. The molecule has 1 amide bonds. The van der Waals surface area contributed by atoms with Crippen LogP contribution in [-0.4, -0.2) is 47.2 Å². The van der Waals surface area contributed by atoms with Gasteiger partial charge in [0.2, 0.25) is 0 Å². The van der Waals surface area contributed by atoms with Gasteiger partial charge in [0.05, 0.1) is 17.3 Å². The topological polar surface area (TPSA) is 67.2 Å². The summed E-state index contributed by atoms with van der Waals surface area (Å²) in [6.45, 7) is 3.71. The van der Waals surface area contributed by atoms with Gasteiger partial charge in [0.15, 0.2) is 11.6 Å². The molecule has 1 saturated heterocycles. The highest BCUT2D eigenvalue weighted by Crippen LogP contribution is 2.25. The second kappa shape index (κ2) is 9.18. The van der Waals surface area contributed by atoms with Crippen LogP contribution in [0.25, 0.3) is 0 Å². The summed E-state index contributed by atoms with van der Waals surface area (Å²) in [6.07, 6.45) is 3.06. The summed E-state index contributed by atoms with van der Waals surface area (Å²) in [5.74, 6) is 1.54. The number of halogens is 1. The number of amidine groups is 1. The number of ether oxygens (including phenoxy) is 1. The van der Waals surface area contributed by atoms with Gasteiger partial charge in [-0.05, 0) is 44.0 Å². The lowest BCUT2D eigenvalue weighted by Crippen LogP contribution is -2.42. The van der Waals surface area contributed by atoms with Gasteiger partial charge in [-0.2, -0.15) is 0 Å². The van der Waals surface area contributed by atoms with E-state index in [1.54, 1.807) is 23.2 Å². The highest BCUT2D eigenvalue weighted by molar-refractivity contribution is 6.34. The Balaban J connectivity index is 0.00000240. The summed E-state index contributed by atoms with van der Waals surface area (Å²) < 4.78 is 5.49. The molecule has 0 unspecified atom stereocenters. The van der Waals surface area contributed by atoms with Gasteiger partial charge in [-0.15, -0.1) is 0 Å². The quantitative estimate of drug-likeness (QED) is 0.727. The average molecular weight is 413 g/mol. The molecule has 0 N–H and O–H groups in total. The number of aliphatic imine (C=N–C) groups is 2. The number of likely N-dealkylation sites (tertiary alicyclic amines) is 1. The van der Waals surface area contributed by atoms with Crippen LogP contribution in [0.15, 0.2) is 52.6 Å². The number of benzene rings is 1. The van der Waals surface area contributed by atoms with E-state index < -0.39 is 0 Å². The van der Waals surface area contributed by atoms with Gasteiger partial charge >= 0.3 is 6.09 Å². The van der Waals surface area contributed by atoms with Crippen LogP contribution in [0.1, 0.15) is 31.5 Å². The van der Waals surface area contributed by atoms with Crippen molar-refractivity contribution < 1.29 is 9.53 Å². The highest BCUT2D eigenvalue weighted by Gasteiger charge is 2.29. The van der Waals surface area contributed by atoms with E-state index in [0.717, 1.165) is 24.1 Å². The average Bonchev–Trinajstić information content (AvgIpc) is 3.20. The monoisotopic (exact) mass is 412 g/mol. The largest absolute Gasteiger partial charge is 0.415 e. The zero-order valence-electron chi connectivity index (χ0n) is 15.6. The Morgan fingerprint density at radius 1 is 1.17 bits per heavy atom. The van der Waals surface area contributed by atoms with E-state index in [9.17, 15) is 4.79 Å². The van der Waals surface area contributed by atoms with Gasteiger partial charge in [0, 0.05) is 36.5 Å². The molecule has 0 atom stereocenters. The first-order valence-electron chi connectivity index (χ1n) is 9.37. The first-order chi connectivity index (χ1) is 13.6. The summed E-state index contributed by atoms with van der Waals surface area (Å²) in [4.78, 5) is 27.6. The third-order valence-electron chi connectivity index (χ3n) is 5.14. The lowest BCUT2D eigenvalue weighted by molar-refractivity contribution is 0.137. The van der Waals surface area contributed by atoms with Crippen LogP contribution in [0.2, 0.25) is 5.02 Å². The van der Waals surface area contributed by atoms with Crippen LogP contribution in [0.5, 0.6) is 5.75 Å². The molecule has 2 aliphatic heterocycles. The lowest BCUT2D eigenvalue weighted by Gasteiger charge is -2.31. The van der Waals surface area contributed by atoms with E-state index in [2.05, 4.69) is 9.98 Å². The number of piperidine rings is 1. The third kappa shape index (κ3) is 4.65. The maximum atomic E-state index is 12.4. The van der Waals surface area contributed by atoms with Crippen molar-refractivity contribution in [3.63, 3.8) is 0 Å². The molecule has 29 heavy (non-hydrogen) atoms. The molecule has 2 aromatic rings. The fourth-order valence-electron chi connectivity index (χ4n) is 3.50.